The fourth-order valence-corrected chi connectivity index (χ4v) is 2.56. The van der Waals surface area contributed by atoms with Crippen LogP contribution in [0.5, 0.6) is 5.75 Å². The Morgan fingerprint density at radius 2 is 2.24 bits per heavy atom. The number of hydrogen-bond acceptors (Lipinski definition) is 5. The summed E-state index contributed by atoms with van der Waals surface area (Å²) >= 11 is 0. The molecule has 5 nitrogen and oxygen atoms in total. The molecule has 1 aliphatic rings. The Morgan fingerprint density at radius 1 is 1.52 bits per heavy atom. The molecule has 21 heavy (non-hydrogen) atoms. The van der Waals surface area contributed by atoms with Gasteiger partial charge in [0.2, 0.25) is 0 Å². The van der Waals surface area contributed by atoms with Crippen molar-refractivity contribution in [2.24, 2.45) is 5.73 Å². The van der Waals surface area contributed by atoms with Gasteiger partial charge >= 0.3 is 5.97 Å². The largest absolute Gasteiger partial charge is 0.487 e. The molecule has 0 spiro atoms. The number of esters is 1. The van der Waals surface area contributed by atoms with Crippen molar-refractivity contribution < 1.29 is 14.3 Å². The fraction of sp³-hybridized carbons (Fsp3) is 0.562. The minimum absolute atomic E-state index is 0.000717. The molecule has 2 N–H and O–H groups in total. The molecule has 0 amide bonds. The maximum Gasteiger partial charge on any atom is 0.331 e. The van der Waals surface area contributed by atoms with E-state index in [2.05, 4.69) is 4.90 Å². The summed E-state index contributed by atoms with van der Waals surface area (Å²) in [6.45, 7) is 9.05. The molecule has 1 atom stereocenters. The molecular weight excluding hydrogens is 268 g/mol. The second-order valence-electron chi connectivity index (χ2n) is 5.82. The predicted molar refractivity (Wildman–Crippen MR) is 82.5 cm³/mol. The molecule has 1 aromatic rings. The third-order valence-corrected chi connectivity index (χ3v) is 3.77. The van der Waals surface area contributed by atoms with Crippen LogP contribution in [-0.2, 0) is 16.1 Å². The Labute approximate surface area is 126 Å². The standard InChI is InChI=1S/C16H24N2O3/c1-5-20-15(19)16(3,4)18-10-11(2)21-14-8-12(9-17)6-7-13(14)18/h6-8,11H,5,9-10,17H2,1-4H3. The maximum absolute atomic E-state index is 12.3. The summed E-state index contributed by atoms with van der Waals surface area (Å²) in [5.74, 6) is 0.544. The van der Waals surface area contributed by atoms with Gasteiger partial charge in [0.25, 0.3) is 0 Å². The topological polar surface area (TPSA) is 64.8 Å². The van der Waals surface area contributed by atoms with Crippen LogP contribution >= 0.6 is 0 Å². The van der Waals surface area contributed by atoms with Gasteiger partial charge in [0.15, 0.2) is 0 Å². The Hall–Kier alpha value is -1.75. The molecule has 0 aromatic heterocycles. The van der Waals surface area contributed by atoms with Crippen LogP contribution in [0.4, 0.5) is 5.69 Å². The lowest BCUT2D eigenvalue weighted by molar-refractivity contribution is -0.148. The molecule has 1 unspecified atom stereocenters. The van der Waals surface area contributed by atoms with Crippen molar-refractivity contribution in [2.75, 3.05) is 18.1 Å². The highest BCUT2D eigenvalue weighted by Crippen LogP contribution is 2.38. The van der Waals surface area contributed by atoms with Crippen molar-refractivity contribution >= 4 is 11.7 Å². The van der Waals surface area contributed by atoms with Gasteiger partial charge in [-0.05, 0) is 45.4 Å². The highest BCUT2D eigenvalue weighted by molar-refractivity contribution is 5.85. The van der Waals surface area contributed by atoms with Gasteiger partial charge in [-0.25, -0.2) is 4.79 Å². The second kappa shape index (κ2) is 5.93. The summed E-state index contributed by atoms with van der Waals surface area (Å²) in [5.41, 5.74) is 6.86. The van der Waals surface area contributed by atoms with Gasteiger partial charge in [-0.1, -0.05) is 6.07 Å². The summed E-state index contributed by atoms with van der Waals surface area (Å²) in [4.78, 5) is 14.3. The first kappa shape index (κ1) is 15.6. The first-order valence-corrected chi connectivity index (χ1v) is 7.34. The van der Waals surface area contributed by atoms with Crippen molar-refractivity contribution in [1.29, 1.82) is 0 Å². The predicted octanol–water partition coefficient (Wildman–Crippen LogP) is 2.07. The zero-order valence-electron chi connectivity index (χ0n) is 13.2. The number of ether oxygens (including phenoxy) is 2. The van der Waals surface area contributed by atoms with E-state index in [0.717, 1.165) is 17.0 Å². The van der Waals surface area contributed by atoms with Crippen LogP contribution in [0.2, 0.25) is 0 Å². The summed E-state index contributed by atoms with van der Waals surface area (Å²) in [6.07, 6.45) is -0.000717. The van der Waals surface area contributed by atoms with Crippen LogP contribution in [0.15, 0.2) is 18.2 Å². The van der Waals surface area contributed by atoms with Crippen LogP contribution in [-0.4, -0.2) is 30.8 Å². The van der Waals surface area contributed by atoms with Gasteiger partial charge in [0.1, 0.15) is 17.4 Å². The molecule has 1 aromatic carbocycles. The molecule has 116 valence electrons. The highest BCUT2D eigenvalue weighted by Gasteiger charge is 2.40. The third kappa shape index (κ3) is 2.97. The summed E-state index contributed by atoms with van der Waals surface area (Å²) in [5, 5.41) is 0. The van der Waals surface area contributed by atoms with E-state index in [4.69, 9.17) is 15.2 Å². The number of rotatable bonds is 4. The van der Waals surface area contributed by atoms with Gasteiger partial charge in [-0.3, -0.25) is 0 Å². The molecule has 1 heterocycles. The average molecular weight is 292 g/mol. The molecule has 0 aliphatic carbocycles. The zero-order valence-corrected chi connectivity index (χ0v) is 13.2. The lowest BCUT2D eigenvalue weighted by atomic mass is 9.99. The van der Waals surface area contributed by atoms with Gasteiger partial charge in [-0.2, -0.15) is 0 Å². The zero-order chi connectivity index (χ0) is 15.6. The second-order valence-corrected chi connectivity index (χ2v) is 5.82. The average Bonchev–Trinajstić information content (AvgIpc) is 2.45. The number of carbonyl (C=O) groups excluding carboxylic acids is 1. The van der Waals surface area contributed by atoms with E-state index >= 15 is 0 Å². The lowest BCUT2D eigenvalue weighted by Gasteiger charge is -2.43. The Kier molecular flexibility index (Phi) is 4.42. The van der Waals surface area contributed by atoms with Crippen LogP contribution in [0, 0.1) is 0 Å². The number of carbonyl (C=O) groups is 1. The first-order valence-electron chi connectivity index (χ1n) is 7.34. The van der Waals surface area contributed by atoms with E-state index in [0.29, 0.717) is 19.7 Å². The Bertz CT molecular complexity index is 528. The van der Waals surface area contributed by atoms with E-state index in [9.17, 15) is 4.79 Å². The van der Waals surface area contributed by atoms with Crippen molar-refractivity contribution in [3.8, 4) is 5.75 Å². The summed E-state index contributed by atoms with van der Waals surface area (Å²) in [6, 6.07) is 5.87. The van der Waals surface area contributed by atoms with Gasteiger partial charge in [0.05, 0.1) is 18.8 Å². The molecule has 0 saturated carbocycles. The van der Waals surface area contributed by atoms with Gasteiger partial charge in [-0.15, -0.1) is 0 Å². The number of anilines is 1. The first-order chi connectivity index (χ1) is 9.90. The Morgan fingerprint density at radius 3 is 2.86 bits per heavy atom. The third-order valence-electron chi connectivity index (χ3n) is 3.77. The number of nitrogens with zero attached hydrogens (tertiary/aromatic N) is 1. The molecule has 1 aliphatic heterocycles. The van der Waals surface area contributed by atoms with E-state index in [1.807, 2.05) is 45.9 Å². The Balaban J connectivity index is 2.40. The van der Waals surface area contributed by atoms with Gasteiger partial charge < -0.3 is 20.1 Å². The van der Waals surface area contributed by atoms with Crippen molar-refractivity contribution in [3.05, 3.63) is 23.8 Å². The van der Waals surface area contributed by atoms with Crippen LogP contribution in [0.1, 0.15) is 33.3 Å². The molecule has 0 bridgehead atoms. The van der Waals surface area contributed by atoms with Crippen LogP contribution < -0.4 is 15.4 Å². The van der Waals surface area contributed by atoms with E-state index in [-0.39, 0.29) is 12.1 Å². The quantitative estimate of drug-likeness (QED) is 0.861. The number of fused-ring (bicyclic) bond motifs is 1. The van der Waals surface area contributed by atoms with Crippen molar-refractivity contribution in [1.82, 2.24) is 0 Å². The normalized spacial score (nSPS) is 18.0. The molecular formula is C16H24N2O3. The highest BCUT2D eigenvalue weighted by atomic mass is 16.5. The summed E-state index contributed by atoms with van der Waals surface area (Å²) < 4.78 is 11.1. The number of nitrogens with two attached hydrogens (primary N) is 1. The smallest absolute Gasteiger partial charge is 0.331 e. The van der Waals surface area contributed by atoms with Crippen LogP contribution in [0.25, 0.3) is 0 Å². The van der Waals surface area contributed by atoms with E-state index < -0.39 is 5.54 Å². The molecule has 2 rings (SSSR count). The monoisotopic (exact) mass is 292 g/mol. The molecule has 5 heteroatoms. The van der Waals surface area contributed by atoms with E-state index in [1.165, 1.54) is 0 Å². The van der Waals surface area contributed by atoms with Crippen molar-refractivity contribution in [3.63, 3.8) is 0 Å². The van der Waals surface area contributed by atoms with Crippen molar-refractivity contribution in [2.45, 2.75) is 45.9 Å². The summed E-state index contributed by atoms with van der Waals surface area (Å²) in [7, 11) is 0. The SMILES string of the molecule is CCOC(=O)C(C)(C)N1CC(C)Oc2cc(CN)ccc21. The molecule has 0 saturated heterocycles. The fourth-order valence-electron chi connectivity index (χ4n) is 2.56. The maximum atomic E-state index is 12.3. The van der Waals surface area contributed by atoms with Crippen LogP contribution in [0.3, 0.4) is 0 Å². The van der Waals surface area contributed by atoms with Gasteiger partial charge in [0, 0.05) is 6.54 Å². The number of benzene rings is 1. The van der Waals surface area contributed by atoms with E-state index in [1.54, 1.807) is 0 Å². The minimum Gasteiger partial charge on any atom is -0.487 e. The molecule has 0 radical (unpaired) electrons. The molecule has 0 fully saturated rings. The number of hydrogen-bond donors (Lipinski definition) is 1. The minimum atomic E-state index is -0.743. The lowest BCUT2D eigenvalue weighted by Crippen LogP contribution is -2.55.